The number of benzene rings is 1. The van der Waals surface area contributed by atoms with Crippen molar-refractivity contribution >= 4 is 17.6 Å². The highest BCUT2D eigenvalue weighted by molar-refractivity contribution is 6.08. The predicted octanol–water partition coefficient (Wildman–Crippen LogP) is 4.75. The van der Waals surface area contributed by atoms with Gasteiger partial charge in [-0.05, 0) is 31.9 Å². The van der Waals surface area contributed by atoms with Gasteiger partial charge >= 0.3 is 0 Å². The molecule has 6 heteroatoms. The van der Waals surface area contributed by atoms with Gasteiger partial charge in [-0.2, -0.15) is 0 Å². The third-order valence-corrected chi connectivity index (χ3v) is 4.17. The quantitative estimate of drug-likeness (QED) is 0.530. The molecule has 0 unspecified atom stereocenters. The maximum Gasteiger partial charge on any atom is 0.267 e. The normalized spacial score (nSPS) is 15.8. The van der Waals surface area contributed by atoms with Crippen molar-refractivity contribution in [2.45, 2.75) is 33.6 Å². The molecule has 1 aromatic rings. The van der Waals surface area contributed by atoms with Crippen molar-refractivity contribution in [2.24, 2.45) is 9.98 Å². The SMILES string of the molecule is C\C=C(/C(=N/C=C/c1cccc(CC)c1F)N1CC(=NCC)C1)C(F)F. The van der Waals surface area contributed by atoms with E-state index in [1.807, 2.05) is 13.8 Å². The van der Waals surface area contributed by atoms with Crippen LogP contribution in [0.25, 0.3) is 6.08 Å². The summed E-state index contributed by atoms with van der Waals surface area (Å²) >= 11 is 0. The minimum absolute atomic E-state index is 0.132. The van der Waals surface area contributed by atoms with Crippen LogP contribution in [0, 0.1) is 5.82 Å². The second kappa shape index (κ2) is 9.36. The molecule has 0 radical (unpaired) electrons. The van der Waals surface area contributed by atoms with Crippen LogP contribution in [0.3, 0.4) is 0 Å². The molecule has 0 aliphatic carbocycles. The molecule has 1 aromatic carbocycles. The third-order valence-electron chi connectivity index (χ3n) is 4.17. The molecule has 140 valence electrons. The molecule has 26 heavy (non-hydrogen) atoms. The van der Waals surface area contributed by atoms with Gasteiger partial charge in [-0.1, -0.05) is 31.2 Å². The minimum atomic E-state index is -2.63. The van der Waals surface area contributed by atoms with E-state index in [4.69, 9.17) is 0 Å². The van der Waals surface area contributed by atoms with Gasteiger partial charge in [0.15, 0.2) is 0 Å². The van der Waals surface area contributed by atoms with E-state index in [1.165, 1.54) is 18.4 Å². The van der Waals surface area contributed by atoms with Crippen molar-refractivity contribution < 1.29 is 13.2 Å². The molecule has 0 N–H and O–H groups in total. The number of hydrogen-bond donors (Lipinski definition) is 0. The van der Waals surface area contributed by atoms with Crippen LogP contribution in [-0.2, 0) is 6.42 Å². The molecule has 3 nitrogen and oxygen atoms in total. The van der Waals surface area contributed by atoms with Gasteiger partial charge < -0.3 is 4.90 Å². The topological polar surface area (TPSA) is 28.0 Å². The van der Waals surface area contributed by atoms with Crippen LogP contribution in [0.4, 0.5) is 13.2 Å². The Bertz CT molecular complexity index is 741. The number of likely N-dealkylation sites (tertiary alicyclic amines) is 1. The highest BCUT2D eigenvalue weighted by Crippen LogP contribution is 2.19. The van der Waals surface area contributed by atoms with Gasteiger partial charge in [0.1, 0.15) is 11.7 Å². The second-order valence-electron chi connectivity index (χ2n) is 5.88. The van der Waals surface area contributed by atoms with Crippen LogP contribution in [0.1, 0.15) is 31.9 Å². The maximum atomic E-state index is 14.3. The molecule has 0 spiro atoms. The number of halogens is 3. The van der Waals surface area contributed by atoms with Gasteiger partial charge in [-0.3, -0.25) is 4.99 Å². The molecule has 0 aromatic heterocycles. The molecule has 1 saturated heterocycles. The lowest BCUT2D eigenvalue weighted by atomic mass is 10.1. The van der Waals surface area contributed by atoms with Crippen LogP contribution in [0.15, 0.2) is 46.0 Å². The monoisotopic (exact) mass is 363 g/mol. The van der Waals surface area contributed by atoms with Crippen LogP contribution in [-0.4, -0.2) is 42.5 Å². The van der Waals surface area contributed by atoms with Gasteiger partial charge in [0.25, 0.3) is 6.43 Å². The smallest absolute Gasteiger partial charge is 0.267 e. The number of hydrogen-bond acceptors (Lipinski definition) is 2. The zero-order valence-electron chi connectivity index (χ0n) is 15.3. The molecule has 0 atom stereocenters. The first-order valence-electron chi connectivity index (χ1n) is 8.75. The Hall–Kier alpha value is -2.37. The predicted molar refractivity (Wildman–Crippen MR) is 102 cm³/mol. The number of allylic oxidation sites excluding steroid dienone is 1. The lowest BCUT2D eigenvalue weighted by Crippen LogP contribution is -2.51. The van der Waals surface area contributed by atoms with E-state index in [0.717, 1.165) is 5.71 Å². The van der Waals surface area contributed by atoms with E-state index in [1.54, 1.807) is 30.0 Å². The molecule has 2 rings (SSSR count). The van der Waals surface area contributed by atoms with Crippen molar-refractivity contribution in [1.29, 1.82) is 0 Å². The van der Waals surface area contributed by atoms with E-state index in [9.17, 15) is 13.2 Å². The molecule has 1 fully saturated rings. The first-order chi connectivity index (χ1) is 12.5. The summed E-state index contributed by atoms with van der Waals surface area (Å²) in [6.45, 7) is 7.03. The number of aliphatic imine (C=N–C) groups is 2. The number of alkyl halides is 2. The Balaban J connectivity index is 2.27. The van der Waals surface area contributed by atoms with Crippen molar-refractivity contribution in [3.63, 3.8) is 0 Å². The Kier molecular flexibility index (Phi) is 7.18. The lowest BCUT2D eigenvalue weighted by Gasteiger charge is -2.36. The average molecular weight is 363 g/mol. The van der Waals surface area contributed by atoms with Crippen molar-refractivity contribution in [1.82, 2.24) is 4.90 Å². The number of nitrogens with zero attached hydrogens (tertiary/aromatic N) is 3. The first kappa shape index (κ1) is 19.9. The number of aryl methyl sites for hydroxylation is 1. The Morgan fingerprint density at radius 3 is 2.58 bits per heavy atom. The largest absolute Gasteiger partial charge is 0.345 e. The summed E-state index contributed by atoms with van der Waals surface area (Å²) in [4.78, 5) is 10.3. The van der Waals surface area contributed by atoms with Gasteiger partial charge in [0.2, 0.25) is 0 Å². The molecule has 1 aliphatic heterocycles. The van der Waals surface area contributed by atoms with E-state index in [2.05, 4.69) is 9.98 Å². The summed E-state index contributed by atoms with van der Waals surface area (Å²) < 4.78 is 40.9. The summed E-state index contributed by atoms with van der Waals surface area (Å²) in [5, 5.41) is 0. The van der Waals surface area contributed by atoms with Crippen LogP contribution in [0.5, 0.6) is 0 Å². The molecule has 1 heterocycles. The van der Waals surface area contributed by atoms with Gasteiger partial charge in [0.05, 0.1) is 24.4 Å². The van der Waals surface area contributed by atoms with Crippen LogP contribution in [0.2, 0.25) is 0 Å². The zero-order chi connectivity index (χ0) is 19.1. The van der Waals surface area contributed by atoms with Crippen molar-refractivity contribution in [2.75, 3.05) is 19.6 Å². The highest BCUT2D eigenvalue weighted by atomic mass is 19.3. The first-order valence-corrected chi connectivity index (χ1v) is 8.75. The molecular formula is C20H24F3N3. The summed E-state index contributed by atoms with van der Waals surface area (Å²) in [6, 6.07) is 5.13. The minimum Gasteiger partial charge on any atom is -0.345 e. The Morgan fingerprint density at radius 2 is 2.00 bits per heavy atom. The van der Waals surface area contributed by atoms with E-state index >= 15 is 0 Å². The molecular weight excluding hydrogens is 339 g/mol. The fourth-order valence-electron chi connectivity index (χ4n) is 2.75. The standard InChI is InChI=1S/C20H24F3N3/c1-4-14-8-7-9-15(18(14)21)10-11-25-20(17(5-2)19(22)23)26-12-16(13-26)24-6-3/h5,7-11,19H,4,6,12-13H2,1-3H3/b11-10+,17-5-,25-20-. The van der Waals surface area contributed by atoms with Gasteiger partial charge in [-0.25, -0.2) is 18.2 Å². The van der Waals surface area contributed by atoms with Gasteiger partial charge in [-0.15, -0.1) is 0 Å². The molecule has 0 amide bonds. The van der Waals surface area contributed by atoms with E-state index in [-0.39, 0.29) is 17.2 Å². The molecule has 1 aliphatic rings. The summed E-state index contributed by atoms with van der Waals surface area (Å²) in [5.41, 5.74) is 1.84. The van der Waals surface area contributed by atoms with Crippen molar-refractivity contribution in [3.05, 3.63) is 53.0 Å². The summed E-state index contributed by atoms with van der Waals surface area (Å²) in [5.74, 6) is -0.0923. The van der Waals surface area contributed by atoms with Crippen molar-refractivity contribution in [3.8, 4) is 0 Å². The number of rotatable bonds is 6. The summed E-state index contributed by atoms with van der Waals surface area (Å²) in [6.07, 6.45) is 2.22. The lowest BCUT2D eigenvalue weighted by molar-refractivity contribution is 0.194. The summed E-state index contributed by atoms with van der Waals surface area (Å²) in [7, 11) is 0. The second-order valence-corrected chi connectivity index (χ2v) is 5.88. The van der Waals surface area contributed by atoms with Crippen LogP contribution < -0.4 is 0 Å². The fourth-order valence-corrected chi connectivity index (χ4v) is 2.75. The van der Waals surface area contributed by atoms with Crippen LogP contribution >= 0.6 is 0 Å². The number of amidine groups is 1. The zero-order valence-corrected chi connectivity index (χ0v) is 15.3. The van der Waals surface area contributed by atoms with E-state index < -0.39 is 6.43 Å². The highest BCUT2D eigenvalue weighted by Gasteiger charge is 2.29. The molecule has 0 saturated carbocycles. The fraction of sp³-hybridized carbons (Fsp3) is 0.400. The van der Waals surface area contributed by atoms with Gasteiger partial charge in [0, 0.05) is 18.3 Å². The third kappa shape index (κ3) is 4.62. The van der Waals surface area contributed by atoms with E-state index in [0.29, 0.717) is 37.2 Å². The maximum absolute atomic E-state index is 14.3. The Labute approximate surface area is 152 Å². The Morgan fingerprint density at radius 1 is 1.27 bits per heavy atom. The molecule has 0 bridgehead atoms. The average Bonchev–Trinajstić information content (AvgIpc) is 2.58.